The van der Waals surface area contributed by atoms with Gasteiger partial charge in [0.1, 0.15) is 5.01 Å². The van der Waals surface area contributed by atoms with Gasteiger partial charge < -0.3 is 11.1 Å². The van der Waals surface area contributed by atoms with Crippen LogP contribution < -0.4 is 11.1 Å². The summed E-state index contributed by atoms with van der Waals surface area (Å²) in [5, 5.41) is 26.1. The summed E-state index contributed by atoms with van der Waals surface area (Å²) >= 11 is 3.23. The van der Waals surface area contributed by atoms with Gasteiger partial charge in [-0.2, -0.15) is 16.4 Å². The molecule has 0 radical (unpaired) electrons. The lowest BCUT2D eigenvalue weighted by Gasteiger charge is -2.10. The smallest absolute Gasteiger partial charge is 0.206 e. The van der Waals surface area contributed by atoms with Crippen LogP contribution in [-0.4, -0.2) is 33.0 Å². The van der Waals surface area contributed by atoms with Crippen LogP contribution in [0.1, 0.15) is 11.3 Å². The summed E-state index contributed by atoms with van der Waals surface area (Å²) in [7, 11) is 0. The average Bonchev–Trinajstić information content (AvgIpc) is 3.35. The van der Waals surface area contributed by atoms with Crippen molar-refractivity contribution in [3.05, 3.63) is 46.3 Å². The van der Waals surface area contributed by atoms with Crippen molar-refractivity contribution in [2.75, 3.05) is 11.9 Å². The number of aryl methyl sites for hydroxylation is 1. The number of anilines is 1. The monoisotopic (exact) mass is 370 g/mol. The first-order valence-electron chi connectivity index (χ1n) is 7.98. The second-order valence-corrected chi connectivity index (χ2v) is 7.72. The summed E-state index contributed by atoms with van der Waals surface area (Å²) in [6, 6.07) is 8.32. The number of aromatic amines is 1. The van der Waals surface area contributed by atoms with E-state index in [0.717, 1.165) is 38.7 Å². The topological polar surface area (TPSA) is 92.5 Å². The zero-order valence-corrected chi connectivity index (χ0v) is 15.3. The van der Waals surface area contributed by atoms with Gasteiger partial charge in [-0.25, -0.2) is 0 Å². The molecule has 128 valence electrons. The first kappa shape index (κ1) is 16.2. The predicted octanol–water partition coefficient (Wildman–Crippen LogP) is 3.43. The Morgan fingerprint density at radius 2 is 2.20 bits per heavy atom. The number of rotatable bonds is 6. The number of fused-ring (bicyclic) bond motifs is 1. The van der Waals surface area contributed by atoms with Crippen LogP contribution in [0.25, 0.3) is 21.5 Å². The molecule has 4 N–H and O–H groups in total. The molecule has 0 fully saturated rings. The van der Waals surface area contributed by atoms with Crippen molar-refractivity contribution >= 4 is 38.7 Å². The van der Waals surface area contributed by atoms with E-state index in [-0.39, 0.29) is 6.04 Å². The summed E-state index contributed by atoms with van der Waals surface area (Å²) in [5.41, 5.74) is 10.5. The van der Waals surface area contributed by atoms with Crippen LogP contribution >= 0.6 is 22.7 Å². The van der Waals surface area contributed by atoms with E-state index in [1.165, 1.54) is 16.9 Å². The molecule has 0 aliphatic heterocycles. The Bertz CT molecular complexity index is 972. The number of hydrogen-bond acceptors (Lipinski definition) is 7. The summed E-state index contributed by atoms with van der Waals surface area (Å²) in [5.74, 6) is 0. The van der Waals surface area contributed by atoms with E-state index in [1.54, 1.807) is 11.3 Å². The largest absolute Gasteiger partial charge is 0.359 e. The zero-order chi connectivity index (χ0) is 17.2. The fraction of sp³-hybridized carbons (Fsp3) is 0.235. The van der Waals surface area contributed by atoms with Crippen molar-refractivity contribution in [3.8, 4) is 10.6 Å². The van der Waals surface area contributed by atoms with Crippen molar-refractivity contribution in [2.45, 2.75) is 19.4 Å². The Balaban J connectivity index is 1.43. The molecule has 0 saturated heterocycles. The first-order valence-corrected chi connectivity index (χ1v) is 9.74. The minimum absolute atomic E-state index is 0.0480. The van der Waals surface area contributed by atoms with E-state index in [2.05, 4.69) is 48.6 Å². The lowest BCUT2D eigenvalue weighted by molar-refractivity contribution is 0.700. The van der Waals surface area contributed by atoms with E-state index in [1.807, 2.05) is 19.1 Å². The fourth-order valence-corrected chi connectivity index (χ4v) is 4.12. The number of H-pyrrole nitrogens is 1. The minimum atomic E-state index is 0.0480. The Hall–Kier alpha value is -2.29. The van der Waals surface area contributed by atoms with Crippen molar-refractivity contribution in [1.29, 1.82) is 0 Å². The summed E-state index contributed by atoms with van der Waals surface area (Å²) in [6.45, 7) is 2.66. The van der Waals surface area contributed by atoms with Gasteiger partial charge in [0.25, 0.3) is 0 Å². The second-order valence-electron chi connectivity index (χ2n) is 5.96. The molecule has 1 aromatic carbocycles. The zero-order valence-electron chi connectivity index (χ0n) is 13.7. The highest BCUT2D eigenvalue weighted by molar-refractivity contribution is 7.18. The van der Waals surface area contributed by atoms with Crippen molar-refractivity contribution < 1.29 is 0 Å². The molecule has 1 atom stereocenters. The lowest BCUT2D eigenvalue weighted by Crippen LogP contribution is -2.31. The number of nitrogens with one attached hydrogen (secondary N) is 2. The van der Waals surface area contributed by atoms with Gasteiger partial charge >= 0.3 is 0 Å². The Morgan fingerprint density at radius 3 is 3.04 bits per heavy atom. The van der Waals surface area contributed by atoms with Crippen LogP contribution in [0, 0.1) is 6.92 Å². The maximum Gasteiger partial charge on any atom is 0.206 e. The van der Waals surface area contributed by atoms with E-state index in [4.69, 9.17) is 5.73 Å². The van der Waals surface area contributed by atoms with Gasteiger partial charge in [0.05, 0.1) is 11.2 Å². The van der Waals surface area contributed by atoms with E-state index in [9.17, 15) is 0 Å². The predicted molar refractivity (Wildman–Crippen MR) is 104 cm³/mol. The molecular weight excluding hydrogens is 352 g/mol. The van der Waals surface area contributed by atoms with Gasteiger partial charge in [-0.1, -0.05) is 11.3 Å². The molecule has 3 aromatic heterocycles. The SMILES string of the molecule is Cc1n[nH]c2ccc(-c3nnc(NC[C@@H](N)Cc4ccsc4)s3)cc12. The molecule has 0 saturated carbocycles. The standard InChI is InChI=1S/C17H18N6S2/c1-10-14-7-12(2-3-15(14)21-20-10)16-22-23-17(25-16)19-8-13(18)6-11-4-5-24-9-11/h2-5,7,9,13H,6,8,18H2,1H3,(H,19,23)(H,20,21)/t13-/m0/s1. The molecule has 0 bridgehead atoms. The molecule has 3 heterocycles. The highest BCUT2D eigenvalue weighted by atomic mass is 32.1. The fourth-order valence-electron chi connectivity index (χ4n) is 2.69. The molecular formula is C17H18N6S2. The average molecular weight is 371 g/mol. The van der Waals surface area contributed by atoms with Crippen LogP contribution in [-0.2, 0) is 6.42 Å². The van der Waals surface area contributed by atoms with Gasteiger partial charge in [0.2, 0.25) is 5.13 Å². The molecule has 6 nitrogen and oxygen atoms in total. The maximum atomic E-state index is 6.19. The van der Waals surface area contributed by atoms with Crippen molar-refractivity contribution in [3.63, 3.8) is 0 Å². The normalized spacial score (nSPS) is 12.6. The van der Waals surface area contributed by atoms with Crippen molar-refractivity contribution in [1.82, 2.24) is 20.4 Å². The van der Waals surface area contributed by atoms with Gasteiger partial charge in [-0.15, -0.1) is 10.2 Å². The quantitative estimate of drug-likeness (QED) is 0.483. The number of nitrogens with zero attached hydrogens (tertiary/aromatic N) is 3. The Labute approximate surface area is 153 Å². The van der Waals surface area contributed by atoms with E-state index >= 15 is 0 Å². The minimum Gasteiger partial charge on any atom is -0.359 e. The Kier molecular flexibility index (Phi) is 4.48. The molecule has 0 amide bonds. The number of thiophene rings is 1. The number of nitrogens with two attached hydrogens (primary N) is 1. The highest BCUT2D eigenvalue weighted by Crippen LogP contribution is 2.29. The third kappa shape index (κ3) is 3.55. The number of benzene rings is 1. The summed E-state index contributed by atoms with van der Waals surface area (Å²) in [4.78, 5) is 0. The second kappa shape index (κ2) is 6.91. The lowest BCUT2D eigenvalue weighted by atomic mass is 10.1. The maximum absolute atomic E-state index is 6.19. The third-order valence-corrected chi connectivity index (χ3v) is 5.68. The van der Waals surface area contributed by atoms with Crippen LogP contribution in [0.15, 0.2) is 35.0 Å². The molecule has 0 unspecified atom stereocenters. The van der Waals surface area contributed by atoms with Crippen LogP contribution in [0.4, 0.5) is 5.13 Å². The van der Waals surface area contributed by atoms with Crippen molar-refractivity contribution in [2.24, 2.45) is 5.73 Å². The third-order valence-electron chi connectivity index (χ3n) is 4.02. The van der Waals surface area contributed by atoms with Gasteiger partial charge in [0, 0.05) is 23.5 Å². The molecule has 0 aliphatic rings. The number of hydrogen-bond donors (Lipinski definition) is 3. The molecule has 4 rings (SSSR count). The van der Waals surface area contributed by atoms with Crippen LogP contribution in [0.3, 0.4) is 0 Å². The van der Waals surface area contributed by atoms with E-state index < -0.39 is 0 Å². The Morgan fingerprint density at radius 1 is 1.28 bits per heavy atom. The van der Waals surface area contributed by atoms with Gasteiger partial charge in [0.15, 0.2) is 0 Å². The summed E-state index contributed by atoms with van der Waals surface area (Å²) < 4.78 is 0. The van der Waals surface area contributed by atoms with E-state index in [0.29, 0.717) is 6.54 Å². The van der Waals surface area contributed by atoms with Crippen LogP contribution in [0.2, 0.25) is 0 Å². The molecule has 25 heavy (non-hydrogen) atoms. The summed E-state index contributed by atoms with van der Waals surface area (Å²) in [6.07, 6.45) is 0.860. The number of aromatic nitrogens is 4. The first-order chi connectivity index (χ1) is 12.2. The molecule has 4 aromatic rings. The molecule has 0 aliphatic carbocycles. The molecule has 0 spiro atoms. The van der Waals surface area contributed by atoms with Crippen LogP contribution in [0.5, 0.6) is 0 Å². The van der Waals surface area contributed by atoms with Gasteiger partial charge in [-0.3, -0.25) is 5.10 Å². The molecule has 8 heteroatoms. The van der Waals surface area contributed by atoms with Gasteiger partial charge in [-0.05, 0) is 53.9 Å². The highest BCUT2D eigenvalue weighted by Gasteiger charge is 2.11.